The van der Waals surface area contributed by atoms with Crippen molar-refractivity contribution in [3.05, 3.63) is 34.9 Å². The van der Waals surface area contributed by atoms with Crippen molar-refractivity contribution in [3.8, 4) is 0 Å². The topological polar surface area (TPSA) is 17.1 Å². The van der Waals surface area contributed by atoms with Gasteiger partial charge in [-0.3, -0.25) is 4.79 Å². The highest BCUT2D eigenvalue weighted by atomic mass is 16.1. The molecule has 0 aromatic heterocycles. The zero-order valence-corrected chi connectivity index (χ0v) is 9.67. The largest absolute Gasteiger partial charge is 0.294 e. The van der Waals surface area contributed by atoms with Gasteiger partial charge in [0.25, 0.3) is 0 Å². The van der Waals surface area contributed by atoms with Crippen molar-refractivity contribution in [2.45, 2.75) is 50.9 Å². The maximum absolute atomic E-state index is 11.7. The number of hydrogen-bond donors (Lipinski definition) is 0. The molecule has 1 fully saturated rings. The third-order valence-electron chi connectivity index (χ3n) is 4.13. The second kappa shape index (κ2) is 4.04. The molecule has 1 aromatic carbocycles. The van der Waals surface area contributed by atoms with Crippen LogP contribution in [0, 0.1) is 0 Å². The van der Waals surface area contributed by atoms with Crippen LogP contribution in [0.25, 0.3) is 0 Å². The Morgan fingerprint density at radius 2 is 1.81 bits per heavy atom. The van der Waals surface area contributed by atoms with Gasteiger partial charge in [-0.25, -0.2) is 0 Å². The molecule has 2 aliphatic carbocycles. The normalized spacial score (nSPS) is 21.1. The molecular formula is C15H18O. The van der Waals surface area contributed by atoms with E-state index >= 15 is 0 Å². The standard InChI is InChI=1S/C15H18O/c16-15-9-8-12-6-7-13(10-14(12)15)11-4-2-1-3-5-11/h6-7,10-11H,1-5,8-9H2. The molecule has 1 heteroatoms. The Labute approximate surface area is 96.9 Å². The average molecular weight is 214 g/mol. The van der Waals surface area contributed by atoms with Crippen LogP contribution in [0.5, 0.6) is 0 Å². The third-order valence-corrected chi connectivity index (χ3v) is 4.13. The summed E-state index contributed by atoms with van der Waals surface area (Å²) in [5, 5.41) is 0. The Balaban J connectivity index is 1.91. The Bertz CT molecular complexity index is 413. The lowest BCUT2D eigenvalue weighted by atomic mass is 9.83. The Morgan fingerprint density at radius 3 is 2.62 bits per heavy atom. The van der Waals surface area contributed by atoms with Crippen LogP contribution in [0.3, 0.4) is 0 Å². The minimum absolute atomic E-state index is 0.354. The molecular weight excluding hydrogens is 196 g/mol. The van der Waals surface area contributed by atoms with E-state index in [9.17, 15) is 4.79 Å². The molecule has 2 aliphatic rings. The average Bonchev–Trinajstić information content (AvgIpc) is 2.72. The lowest BCUT2D eigenvalue weighted by molar-refractivity contribution is 0.0994. The molecule has 0 bridgehead atoms. The monoisotopic (exact) mass is 214 g/mol. The second-order valence-corrected chi connectivity index (χ2v) is 5.17. The molecule has 1 aromatic rings. The quantitative estimate of drug-likeness (QED) is 0.693. The lowest BCUT2D eigenvalue weighted by Crippen LogP contribution is -2.05. The predicted octanol–water partition coefficient (Wildman–Crippen LogP) is 3.86. The van der Waals surface area contributed by atoms with E-state index in [2.05, 4.69) is 18.2 Å². The van der Waals surface area contributed by atoms with Crippen LogP contribution in [0.4, 0.5) is 0 Å². The fourth-order valence-corrected chi connectivity index (χ4v) is 3.14. The van der Waals surface area contributed by atoms with Crippen molar-refractivity contribution in [1.29, 1.82) is 0 Å². The fourth-order valence-electron chi connectivity index (χ4n) is 3.14. The number of Topliss-reactive ketones (excluding diaryl/α,β-unsaturated/α-hetero) is 1. The summed E-state index contributed by atoms with van der Waals surface area (Å²) in [5.41, 5.74) is 3.70. The molecule has 0 aliphatic heterocycles. The zero-order chi connectivity index (χ0) is 11.0. The molecule has 3 rings (SSSR count). The van der Waals surface area contributed by atoms with E-state index in [0.717, 1.165) is 18.4 Å². The van der Waals surface area contributed by atoms with Gasteiger partial charge in [0.2, 0.25) is 0 Å². The fraction of sp³-hybridized carbons (Fsp3) is 0.533. The molecule has 0 amide bonds. The number of carbonyl (C=O) groups is 1. The van der Waals surface area contributed by atoms with Gasteiger partial charge >= 0.3 is 0 Å². The summed E-state index contributed by atoms with van der Waals surface area (Å²) in [7, 11) is 0. The molecule has 0 atom stereocenters. The predicted molar refractivity (Wildman–Crippen MR) is 64.9 cm³/mol. The van der Waals surface area contributed by atoms with Gasteiger partial charge in [-0.2, -0.15) is 0 Å². The van der Waals surface area contributed by atoms with E-state index in [1.54, 1.807) is 0 Å². The maximum Gasteiger partial charge on any atom is 0.163 e. The third kappa shape index (κ3) is 1.68. The van der Waals surface area contributed by atoms with Gasteiger partial charge in [0.15, 0.2) is 5.78 Å². The first-order valence-electron chi connectivity index (χ1n) is 6.50. The molecule has 0 saturated heterocycles. The van der Waals surface area contributed by atoms with E-state index in [0.29, 0.717) is 11.7 Å². The molecule has 0 spiro atoms. The Hall–Kier alpha value is -1.11. The molecule has 84 valence electrons. The van der Waals surface area contributed by atoms with Gasteiger partial charge in [0.05, 0.1) is 0 Å². The van der Waals surface area contributed by atoms with Crippen molar-refractivity contribution in [2.24, 2.45) is 0 Å². The molecule has 1 saturated carbocycles. The Morgan fingerprint density at radius 1 is 1.00 bits per heavy atom. The number of carbonyl (C=O) groups excluding carboxylic acids is 1. The minimum Gasteiger partial charge on any atom is -0.294 e. The summed E-state index contributed by atoms with van der Waals surface area (Å²) in [6.07, 6.45) is 8.41. The summed E-state index contributed by atoms with van der Waals surface area (Å²) in [6.45, 7) is 0. The number of hydrogen-bond acceptors (Lipinski definition) is 1. The van der Waals surface area contributed by atoms with Crippen molar-refractivity contribution >= 4 is 5.78 Å². The summed E-state index contributed by atoms with van der Waals surface area (Å²) in [4.78, 5) is 11.7. The number of benzene rings is 1. The second-order valence-electron chi connectivity index (χ2n) is 5.17. The number of ketones is 1. The van der Waals surface area contributed by atoms with Crippen molar-refractivity contribution in [3.63, 3.8) is 0 Å². The lowest BCUT2D eigenvalue weighted by Gasteiger charge is -2.22. The highest BCUT2D eigenvalue weighted by molar-refractivity contribution is 6.00. The number of aryl methyl sites for hydroxylation is 1. The first-order chi connectivity index (χ1) is 7.84. The summed E-state index contributed by atoms with van der Waals surface area (Å²) in [5.74, 6) is 1.07. The van der Waals surface area contributed by atoms with Crippen molar-refractivity contribution in [1.82, 2.24) is 0 Å². The SMILES string of the molecule is O=C1CCc2ccc(C3CCCCC3)cc21. The highest BCUT2D eigenvalue weighted by Crippen LogP contribution is 2.34. The minimum atomic E-state index is 0.354. The van der Waals surface area contributed by atoms with Crippen LogP contribution in [0.1, 0.15) is 65.9 Å². The highest BCUT2D eigenvalue weighted by Gasteiger charge is 2.22. The van der Waals surface area contributed by atoms with Crippen LogP contribution >= 0.6 is 0 Å². The first kappa shape index (κ1) is 10.1. The molecule has 0 radical (unpaired) electrons. The summed E-state index contributed by atoms with van der Waals surface area (Å²) < 4.78 is 0. The van der Waals surface area contributed by atoms with Gasteiger partial charge < -0.3 is 0 Å². The van der Waals surface area contributed by atoms with E-state index < -0.39 is 0 Å². The van der Waals surface area contributed by atoms with Crippen molar-refractivity contribution < 1.29 is 4.79 Å². The molecule has 0 heterocycles. The van der Waals surface area contributed by atoms with E-state index in [1.807, 2.05) is 0 Å². The number of fused-ring (bicyclic) bond motifs is 1. The van der Waals surface area contributed by atoms with E-state index in [1.165, 1.54) is 43.2 Å². The van der Waals surface area contributed by atoms with E-state index in [4.69, 9.17) is 0 Å². The van der Waals surface area contributed by atoms with Gasteiger partial charge in [0, 0.05) is 12.0 Å². The van der Waals surface area contributed by atoms with Gasteiger partial charge in [-0.15, -0.1) is 0 Å². The molecule has 0 unspecified atom stereocenters. The smallest absolute Gasteiger partial charge is 0.163 e. The van der Waals surface area contributed by atoms with Gasteiger partial charge in [0.1, 0.15) is 0 Å². The molecule has 16 heavy (non-hydrogen) atoms. The van der Waals surface area contributed by atoms with Crippen LogP contribution in [0.2, 0.25) is 0 Å². The van der Waals surface area contributed by atoms with Gasteiger partial charge in [-0.05, 0) is 42.4 Å². The van der Waals surface area contributed by atoms with Crippen LogP contribution in [-0.2, 0) is 6.42 Å². The summed E-state index contributed by atoms with van der Waals surface area (Å²) in [6, 6.07) is 6.62. The van der Waals surface area contributed by atoms with Crippen molar-refractivity contribution in [2.75, 3.05) is 0 Å². The van der Waals surface area contributed by atoms with Crippen LogP contribution < -0.4 is 0 Å². The first-order valence-corrected chi connectivity index (χ1v) is 6.50. The number of rotatable bonds is 1. The van der Waals surface area contributed by atoms with Crippen LogP contribution in [0.15, 0.2) is 18.2 Å². The Kier molecular flexibility index (Phi) is 2.55. The molecule has 1 nitrogen and oxygen atoms in total. The van der Waals surface area contributed by atoms with Crippen LogP contribution in [-0.4, -0.2) is 5.78 Å². The summed E-state index contributed by atoms with van der Waals surface area (Å²) >= 11 is 0. The maximum atomic E-state index is 11.7. The van der Waals surface area contributed by atoms with E-state index in [-0.39, 0.29) is 0 Å². The van der Waals surface area contributed by atoms with Gasteiger partial charge in [-0.1, -0.05) is 31.4 Å². The molecule has 0 N–H and O–H groups in total. The zero-order valence-electron chi connectivity index (χ0n) is 9.67.